The number of H-pyrrole nitrogens is 1. The van der Waals surface area contributed by atoms with E-state index in [1.165, 1.54) is 18.5 Å². The Morgan fingerprint density at radius 3 is 2.58 bits per heavy atom. The van der Waals surface area contributed by atoms with Gasteiger partial charge in [0.2, 0.25) is 0 Å². The van der Waals surface area contributed by atoms with Gasteiger partial charge in [0.15, 0.2) is 11.5 Å². The summed E-state index contributed by atoms with van der Waals surface area (Å²) < 4.78 is 70.3. The van der Waals surface area contributed by atoms with Gasteiger partial charge in [0.05, 0.1) is 17.4 Å². The number of halogens is 4. The number of rotatable bonds is 3. The van der Waals surface area contributed by atoms with Gasteiger partial charge in [-0.15, -0.1) is 0 Å². The number of nitrogens with one attached hydrogen (secondary N) is 2. The van der Waals surface area contributed by atoms with Crippen LogP contribution in [0.4, 0.5) is 18.9 Å². The third kappa shape index (κ3) is 4.26. The van der Waals surface area contributed by atoms with Gasteiger partial charge in [0.25, 0.3) is 10.0 Å². The van der Waals surface area contributed by atoms with Crippen molar-refractivity contribution in [1.82, 2.24) is 15.2 Å². The van der Waals surface area contributed by atoms with Crippen molar-refractivity contribution in [2.24, 2.45) is 0 Å². The second kappa shape index (κ2) is 8.05. The SMILES string of the molecule is O=S(=O)(Nc1ccc(F)c(C#Cc2cnc3[nH]ncc3c2)c1F)c1cc(Br)ccc1F. The lowest BCUT2D eigenvalue weighted by molar-refractivity contribution is 0.566. The minimum atomic E-state index is -4.49. The zero-order valence-corrected chi connectivity index (χ0v) is 17.7. The molecule has 0 radical (unpaired) electrons. The molecule has 6 nitrogen and oxygen atoms in total. The summed E-state index contributed by atoms with van der Waals surface area (Å²) in [6.45, 7) is 0. The summed E-state index contributed by atoms with van der Waals surface area (Å²) in [5, 5.41) is 7.14. The van der Waals surface area contributed by atoms with Crippen LogP contribution in [0.25, 0.3) is 11.0 Å². The molecule has 0 spiro atoms. The highest BCUT2D eigenvalue weighted by molar-refractivity contribution is 9.10. The molecule has 156 valence electrons. The van der Waals surface area contributed by atoms with Gasteiger partial charge in [0, 0.05) is 21.6 Å². The number of nitrogens with zero attached hydrogens (tertiary/aromatic N) is 2. The van der Waals surface area contributed by atoms with Crippen LogP contribution >= 0.6 is 15.9 Å². The number of aromatic amines is 1. The second-order valence-corrected chi connectivity index (χ2v) is 8.81. The van der Waals surface area contributed by atoms with E-state index in [1.807, 2.05) is 4.72 Å². The molecule has 11 heteroatoms. The van der Waals surface area contributed by atoms with Crippen molar-refractivity contribution in [1.29, 1.82) is 0 Å². The topological polar surface area (TPSA) is 87.7 Å². The number of fused-ring (bicyclic) bond motifs is 1. The van der Waals surface area contributed by atoms with Crippen molar-refractivity contribution in [3.05, 3.63) is 81.8 Å². The Hall–Kier alpha value is -3.36. The molecule has 0 aliphatic heterocycles. The molecule has 0 fully saturated rings. The van der Waals surface area contributed by atoms with Gasteiger partial charge in [-0.1, -0.05) is 27.8 Å². The molecule has 2 aromatic carbocycles. The van der Waals surface area contributed by atoms with Crippen molar-refractivity contribution in [3.63, 3.8) is 0 Å². The van der Waals surface area contributed by atoms with Crippen LogP contribution < -0.4 is 4.72 Å². The minimum Gasteiger partial charge on any atom is -0.277 e. The predicted octanol–water partition coefficient (Wildman–Crippen LogP) is 4.34. The fourth-order valence-corrected chi connectivity index (χ4v) is 4.34. The Bertz CT molecular complexity index is 1490. The summed E-state index contributed by atoms with van der Waals surface area (Å²) >= 11 is 3.05. The van der Waals surface area contributed by atoms with Crippen LogP contribution in [-0.4, -0.2) is 23.6 Å². The average Bonchev–Trinajstić information content (AvgIpc) is 3.19. The minimum absolute atomic E-state index is 0.309. The zero-order valence-electron chi connectivity index (χ0n) is 15.2. The summed E-state index contributed by atoms with van der Waals surface area (Å²) in [6, 6.07) is 6.66. The number of anilines is 1. The van der Waals surface area contributed by atoms with Gasteiger partial charge in [-0.3, -0.25) is 9.82 Å². The molecule has 0 saturated heterocycles. The lowest BCUT2D eigenvalue weighted by atomic mass is 10.1. The highest BCUT2D eigenvalue weighted by Crippen LogP contribution is 2.26. The lowest BCUT2D eigenvalue weighted by Crippen LogP contribution is -2.16. The Morgan fingerprint density at radius 2 is 1.77 bits per heavy atom. The van der Waals surface area contributed by atoms with Crippen molar-refractivity contribution in [2.45, 2.75) is 4.90 Å². The maximum Gasteiger partial charge on any atom is 0.264 e. The van der Waals surface area contributed by atoms with Crippen LogP contribution in [-0.2, 0) is 10.0 Å². The number of pyridine rings is 1. The zero-order chi connectivity index (χ0) is 22.2. The van der Waals surface area contributed by atoms with Crippen LogP contribution in [0.15, 0.2) is 58.2 Å². The first kappa shape index (κ1) is 20.9. The maximum absolute atomic E-state index is 14.9. The fraction of sp³-hybridized carbons (Fsp3) is 0. The first-order chi connectivity index (χ1) is 14.7. The summed E-state index contributed by atoms with van der Waals surface area (Å²) in [4.78, 5) is 3.38. The van der Waals surface area contributed by atoms with E-state index in [0.29, 0.717) is 21.1 Å². The fourth-order valence-electron chi connectivity index (χ4n) is 2.67. The van der Waals surface area contributed by atoms with Crippen LogP contribution in [0.2, 0.25) is 0 Å². The number of sulfonamides is 1. The normalized spacial score (nSPS) is 11.2. The third-order valence-electron chi connectivity index (χ3n) is 4.14. The molecule has 0 bridgehead atoms. The van der Waals surface area contributed by atoms with Crippen LogP contribution in [0.1, 0.15) is 11.1 Å². The molecule has 4 rings (SSSR count). The van der Waals surface area contributed by atoms with Gasteiger partial charge >= 0.3 is 0 Å². The van der Waals surface area contributed by atoms with Gasteiger partial charge in [-0.2, -0.15) is 5.10 Å². The van der Waals surface area contributed by atoms with Gasteiger partial charge in [-0.25, -0.2) is 26.6 Å². The Balaban J connectivity index is 1.70. The number of aromatic nitrogens is 3. The predicted molar refractivity (Wildman–Crippen MR) is 111 cm³/mol. The molecule has 31 heavy (non-hydrogen) atoms. The first-order valence-corrected chi connectivity index (χ1v) is 10.8. The molecule has 0 atom stereocenters. The molecular formula is C20H10BrF3N4O2S. The second-order valence-electron chi connectivity index (χ2n) is 6.25. The average molecular weight is 507 g/mol. The Morgan fingerprint density at radius 1 is 1.00 bits per heavy atom. The van der Waals surface area contributed by atoms with Crippen molar-refractivity contribution >= 4 is 42.7 Å². The first-order valence-electron chi connectivity index (χ1n) is 8.51. The van der Waals surface area contributed by atoms with Gasteiger partial charge in [-0.05, 0) is 36.4 Å². The lowest BCUT2D eigenvalue weighted by Gasteiger charge is -2.11. The molecule has 0 aliphatic rings. The maximum atomic E-state index is 14.9. The molecule has 0 amide bonds. The highest BCUT2D eigenvalue weighted by atomic mass is 79.9. The number of benzene rings is 2. The Labute approximate surface area is 182 Å². The molecule has 4 aromatic rings. The molecule has 2 N–H and O–H groups in total. The van der Waals surface area contributed by atoms with E-state index in [9.17, 15) is 21.6 Å². The Kier molecular flexibility index (Phi) is 5.43. The molecule has 2 heterocycles. The van der Waals surface area contributed by atoms with Crippen molar-refractivity contribution in [3.8, 4) is 11.8 Å². The third-order valence-corrected chi connectivity index (χ3v) is 6.02. The van der Waals surface area contributed by atoms with E-state index >= 15 is 0 Å². The molecular weight excluding hydrogens is 497 g/mol. The smallest absolute Gasteiger partial charge is 0.264 e. The molecule has 2 aromatic heterocycles. The van der Waals surface area contributed by atoms with Crippen LogP contribution in [0.5, 0.6) is 0 Å². The van der Waals surface area contributed by atoms with Crippen molar-refractivity contribution < 1.29 is 21.6 Å². The molecule has 0 unspecified atom stereocenters. The van der Waals surface area contributed by atoms with E-state index in [4.69, 9.17) is 0 Å². The van der Waals surface area contributed by atoms with Gasteiger partial charge in [0.1, 0.15) is 16.5 Å². The van der Waals surface area contributed by atoms with Gasteiger partial charge < -0.3 is 0 Å². The standard InChI is InChI=1S/C20H10BrF3N4O2S/c21-13-2-4-16(23)18(8-13)31(29,30)28-17-6-5-15(22)14(19(17)24)3-1-11-7-12-10-26-27-20(12)25-9-11/h2,4-10,28H,(H,25,26,27). The van der Waals surface area contributed by atoms with E-state index in [0.717, 1.165) is 24.3 Å². The largest absolute Gasteiger partial charge is 0.277 e. The van der Waals surface area contributed by atoms with E-state index in [2.05, 4.69) is 43.0 Å². The monoisotopic (exact) mass is 506 g/mol. The summed E-state index contributed by atoms with van der Waals surface area (Å²) in [5.74, 6) is 1.69. The van der Waals surface area contributed by atoms with Crippen LogP contribution in [0, 0.1) is 29.3 Å². The number of hydrogen-bond donors (Lipinski definition) is 2. The molecule has 0 saturated carbocycles. The van der Waals surface area contributed by atoms with E-state index < -0.39 is 43.6 Å². The number of hydrogen-bond acceptors (Lipinski definition) is 4. The van der Waals surface area contributed by atoms with E-state index in [-0.39, 0.29) is 0 Å². The van der Waals surface area contributed by atoms with E-state index in [1.54, 1.807) is 6.07 Å². The molecule has 0 aliphatic carbocycles. The quantitative estimate of drug-likeness (QED) is 0.404. The highest BCUT2D eigenvalue weighted by Gasteiger charge is 2.22. The van der Waals surface area contributed by atoms with Crippen molar-refractivity contribution in [2.75, 3.05) is 4.72 Å². The summed E-state index contributed by atoms with van der Waals surface area (Å²) in [7, 11) is -4.49. The summed E-state index contributed by atoms with van der Waals surface area (Å²) in [5.41, 5.74) is -0.329. The summed E-state index contributed by atoms with van der Waals surface area (Å²) in [6.07, 6.45) is 2.91. The van der Waals surface area contributed by atoms with Crippen LogP contribution in [0.3, 0.4) is 0 Å².